The molecular formula is C13H21N3O. The van der Waals surface area contributed by atoms with Crippen LogP contribution in [0.25, 0.3) is 0 Å². The van der Waals surface area contributed by atoms with Crippen LogP contribution in [0, 0.1) is 6.92 Å². The SMILES string of the molecule is CCC1CCCCN1c1nc(C)cc(CO)n1. The maximum Gasteiger partial charge on any atom is 0.226 e. The summed E-state index contributed by atoms with van der Waals surface area (Å²) >= 11 is 0. The fourth-order valence-electron chi connectivity index (χ4n) is 2.51. The second-order valence-corrected chi connectivity index (χ2v) is 4.71. The lowest BCUT2D eigenvalue weighted by molar-refractivity contribution is 0.276. The molecule has 1 aromatic heterocycles. The van der Waals surface area contributed by atoms with Crippen molar-refractivity contribution in [3.63, 3.8) is 0 Å². The normalized spacial score (nSPS) is 20.6. The predicted molar refractivity (Wildman–Crippen MR) is 68.0 cm³/mol. The molecule has 1 aromatic rings. The molecule has 1 saturated heterocycles. The molecule has 1 fully saturated rings. The molecule has 0 amide bonds. The van der Waals surface area contributed by atoms with E-state index < -0.39 is 0 Å². The van der Waals surface area contributed by atoms with Crippen LogP contribution in [0.5, 0.6) is 0 Å². The minimum atomic E-state index is -0.0129. The monoisotopic (exact) mass is 235 g/mol. The molecular weight excluding hydrogens is 214 g/mol. The van der Waals surface area contributed by atoms with Crippen LogP contribution in [0.2, 0.25) is 0 Å². The lowest BCUT2D eigenvalue weighted by Crippen LogP contribution is -2.40. The Kier molecular flexibility index (Phi) is 3.94. The van der Waals surface area contributed by atoms with Gasteiger partial charge in [-0.05, 0) is 38.7 Å². The summed E-state index contributed by atoms with van der Waals surface area (Å²) in [4.78, 5) is 11.2. The summed E-state index contributed by atoms with van der Waals surface area (Å²) in [5, 5.41) is 9.20. The third-order valence-corrected chi connectivity index (χ3v) is 3.41. The van der Waals surface area contributed by atoms with Crippen LogP contribution < -0.4 is 4.90 Å². The van der Waals surface area contributed by atoms with E-state index in [1.807, 2.05) is 13.0 Å². The smallest absolute Gasteiger partial charge is 0.226 e. The molecule has 4 nitrogen and oxygen atoms in total. The first-order valence-electron chi connectivity index (χ1n) is 6.46. The van der Waals surface area contributed by atoms with Gasteiger partial charge in [0.25, 0.3) is 0 Å². The van der Waals surface area contributed by atoms with E-state index in [9.17, 15) is 5.11 Å². The van der Waals surface area contributed by atoms with E-state index in [4.69, 9.17) is 0 Å². The van der Waals surface area contributed by atoms with E-state index in [0.29, 0.717) is 11.7 Å². The zero-order valence-corrected chi connectivity index (χ0v) is 10.7. The Bertz CT molecular complexity index is 381. The van der Waals surface area contributed by atoms with E-state index in [1.54, 1.807) is 0 Å². The number of aliphatic hydroxyl groups excluding tert-OH is 1. The molecule has 1 aliphatic heterocycles. The maximum absolute atomic E-state index is 9.20. The number of aliphatic hydroxyl groups is 1. The van der Waals surface area contributed by atoms with Crippen molar-refractivity contribution in [1.29, 1.82) is 0 Å². The summed E-state index contributed by atoms with van der Waals surface area (Å²) in [6.45, 7) is 5.19. The number of hydrogen-bond acceptors (Lipinski definition) is 4. The largest absolute Gasteiger partial charge is 0.390 e. The molecule has 94 valence electrons. The lowest BCUT2D eigenvalue weighted by Gasteiger charge is -2.35. The van der Waals surface area contributed by atoms with Crippen molar-refractivity contribution in [2.75, 3.05) is 11.4 Å². The van der Waals surface area contributed by atoms with Crippen molar-refractivity contribution in [3.05, 3.63) is 17.5 Å². The van der Waals surface area contributed by atoms with Crippen molar-refractivity contribution < 1.29 is 5.11 Å². The third-order valence-electron chi connectivity index (χ3n) is 3.41. The molecule has 17 heavy (non-hydrogen) atoms. The zero-order valence-electron chi connectivity index (χ0n) is 10.7. The van der Waals surface area contributed by atoms with Gasteiger partial charge >= 0.3 is 0 Å². The molecule has 0 spiro atoms. The summed E-state index contributed by atoms with van der Waals surface area (Å²) in [6, 6.07) is 2.39. The molecule has 1 atom stereocenters. The number of aromatic nitrogens is 2. The second kappa shape index (κ2) is 5.45. The van der Waals surface area contributed by atoms with Crippen molar-refractivity contribution in [2.45, 2.75) is 52.2 Å². The molecule has 2 rings (SSSR count). The highest BCUT2D eigenvalue weighted by Gasteiger charge is 2.23. The molecule has 1 unspecified atom stereocenters. The first-order chi connectivity index (χ1) is 8.24. The number of nitrogens with zero attached hydrogens (tertiary/aromatic N) is 3. The summed E-state index contributed by atoms with van der Waals surface area (Å²) in [5.41, 5.74) is 1.65. The lowest BCUT2D eigenvalue weighted by atomic mass is 10.0. The molecule has 0 aromatic carbocycles. The van der Waals surface area contributed by atoms with Gasteiger partial charge in [0.2, 0.25) is 5.95 Å². The molecule has 0 saturated carbocycles. The zero-order chi connectivity index (χ0) is 12.3. The van der Waals surface area contributed by atoms with Gasteiger partial charge in [0.15, 0.2) is 0 Å². The minimum absolute atomic E-state index is 0.0129. The van der Waals surface area contributed by atoms with Crippen LogP contribution in [-0.2, 0) is 6.61 Å². The fourth-order valence-corrected chi connectivity index (χ4v) is 2.51. The third kappa shape index (κ3) is 2.75. The Morgan fingerprint density at radius 1 is 1.41 bits per heavy atom. The number of aryl methyl sites for hydroxylation is 1. The summed E-state index contributed by atoms with van der Waals surface area (Å²) in [5.74, 6) is 0.792. The van der Waals surface area contributed by atoms with Gasteiger partial charge in [0.1, 0.15) is 0 Å². The Hall–Kier alpha value is -1.16. The Labute approximate surface area is 103 Å². The van der Waals surface area contributed by atoms with Crippen LogP contribution in [0.4, 0.5) is 5.95 Å². The summed E-state index contributed by atoms with van der Waals surface area (Å²) in [6.07, 6.45) is 4.87. The number of piperidine rings is 1. The molecule has 0 bridgehead atoms. The van der Waals surface area contributed by atoms with Gasteiger partial charge in [-0.15, -0.1) is 0 Å². The van der Waals surface area contributed by atoms with Gasteiger partial charge < -0.3 is 10.0 Å². The van der Waals surface area contributed by atoms with E-state index >= 15 is 0 Å². The highest BCUT2D eigenvalue weighted by molar-refractivity contribution is 5.34. The Morgan fingerprint density at radius 3 is 2.94 bits per heavy atom. The average Bonchev–Trinajstić information content (AvgIpc) is 2.37. The van der Waals surface area contributed by atoms with Crippen LogP contribution in [-0.4, -0.2) is 27.7 Å². The van der Waals surface area contributed by atoms with Gasteiger partial charge in [0, 0.05) is 18.3 Å². The summed E-state index contributed by atoms with van der Waals surface area (Å²) < 4.78 is 0. The standard InChI is InChI=1S/C13H21N3O/c1-3-12-6-4-5-7-16(12)13-14-10(2)8-11(9-17)15-13/h8,12,17H,3-7,9H2,1-2H3. The highest BCUT2D eigenvalue weighted by atomic mass is 16.3. The van der Waals surface area contributed by atoms with E-state index in [1.165, 1.54) is 19.3 Å². The molecule has 1 aliphatic rings. The van der Waals surface area contributed by atoms with E-state index in [2.05, 4.69) is 21.8 Å². The molecule has 0 radical (unpaired) electrons. The first-order valence-corrected chi connectivity index (χ1v) is 6.46. The number of anilines is 1. The van der Waals surface area contributed by atoms with Crippen molar-refractivity contribution in [1.82, 2.24) is 9.97 Å². The number of hydrogen-bond donors (Lipinski definition) is 1. The van der Waals surface area contributed by atoms with Gasteiger partial charge in [-0.1, -0.05) is 6.92 Å². The first kappa shape index (κ1) is 12.3. The van der Waals surface area contributed by atoms with Crippen molar-refractivity contribution in [3.8, 4) is 0 Å². The predicted octanol–water partition coefficient (Wildman–Crippen LogP) is 2.05. The number of rotatable bonds is 3. The quantitative estimate of drug-likeness (QED) is 0.871. The Morgan fingerprint density at radius 2 is 2.24 bits per heavy atom. The Balaban J connectivity index is 2.27. The molecule has 1 N–H and O–H groups in total. The highest BCUT2D eigenvalue weighted by Crippen LogP contribution is 2.24. The van der Waals surface area contributed by atoms with Crippen molar-refractivity contribution >= 4 is 5.95 Å². The maximum atomic E-state index is 9.20. The molecule has 0 aliphatic carbocycles. The van der Waals surface area contributed by atoms with Crippen molar-refractivity contribution in [2.24, 2.45) is 0 Å². The van der Waals surface area contributed by atoms with Gasteiger partial charge in [-0.2, -0.15) is 0 Å². The van der Waals surface area contributed by atoms with Crippen LogP contribution >= 0.6 is 0 Å². The van der Waals surface area contributed by atoms with Crippen LogP contribution in [0.3, 0.4) is 0 Å². The van der Waals surface area contributed by atoms with Gasteiger partial charge in [-0.3, -0.25) is 0 Å². The van der Waals surface area contributed by atoms with Crippen LogP contribution in [0.1, 0.15) is 44.0 Å². The van der Waals surface area contributed by atoms with Gasteiger partial charge in [0.05, 0.1) is 12.3 Å². The average molecular weight is 235 g/mol. The van der Waals surface area contributed by atoms with E-state index in [-0.39, 0.29) is 6.61 Å². The topological polar surface area (TPSA) is 49.2 Å². The molecule has 2 heterocycles. The van der Waals surface area contributed by atoms with Crippen LogP contribution in [0.15, 0.2) is 6.07 Å². The summed E-state index contributed by atoms with van der Waals surface area (Å²) in [7, 11) is 0. The second-order valence-electron chi connectivity index (χ2n) is 4.71. The van der Waals surface area contributed by atoms with Gasteiger partial charge in [-0.25, -0.2) is 9.97 Å². The minimum Gasteiger partial charge on any atom is -0.390 e. The fraction of sp³-hybridized carbons (Fsp3) is 0.692. The van der Waals surface area contributed by atoms with E-state index in [0.717, 1.165) is 24.6 Å². The molecule has 4 heteroatoms.